The highest BCUT2D eigenvalue weighted by atomic mass is 16.1. The predicted octanol–water partition coefficient (Wildman–Crippen LogP) is 18.7. The number of rotatable bonds is 16. The summed E-state index contributed by atoms with van der Waals surface area (Å²) in [6.07, 6.45) is 19.0. The number of allylic oxidation sites excluding steroid dienone is 3. The maximum absolute atomic E-state index is 9.82. The van der Waals surface area contributed by atoms with Crippen molar-refractivity contribution in [1.82, 2.24) is 10.6 Å². The Kier molecular flexibility index (Phi) is 78.1. The SMILES string of the molecule is C=C.C=C(C)C(N)=O.C=C(C)NC(C)C1CCCCC1.C=C(CC)CCC(C)C(C)(C)C.C=CCCC(C)[C@H](C)C(C)C.CC.CC.CCC.CCC.CNC(C)CC(C)C. The lowest BCUT2D eigenvalue weighted by Crippen LogP contribution is -2.33. The molecular weight excluding hydrogens is 743 g/mol. The van der Waals surface area contributed by atoms with Crippen LogP contribution in [-0.4, -0.2) is 25.0 Å². The van der Waals surface area contributed by atoms with Crippen LogP contribution in [-0.2, 0) is 4.79 Å². The van der Waals surface area contributed by atoms with Gasteiger partial charge in [-0.3, -0.25) is 4.79 Å². The van der Waals surface area contributed by atoms with Gasteiger partial charge in [0, 0.05) is 23.4 Å². The van der Waals surface area contributed by atoms with Crippen molar-refractivity contribution < 1.29 is 4.79 Å². The van der Waals surface area contributed by atoms with Crippen LogP contribution in [0, 0.1) is 40.9 Å². The Hall–Kier alpha value is -2.07. The maximum Gasteiger partial charge on any atom is 0.243 e. The van der Waals surface area contributed by atoms with Crippen molar-refractivity contribution in [2.45, 2.75) is 255 Å². The van der Waals surface area contributed by atoms with Crippen LogP contribution in [0.5, 0.6) is 0 Å². The number of nitrogens with one attached hydrogen (secondary N) is 2. The molecule has 372 valence electrons. The molecule has 5 atom stereocenters. The van der Waals surface area contributed by atoms with E-state index in [1.807, 2.05) is 47.7 Å². The lowest BCUT2D eigenvalue weighted by Gasteiger charge is -2.28. The number of hydrogen-bond donors (Lipinski definition) is 3. The minimum Gasteiger partial charge on any atom is -0.386 e. The van der Waals surface area contributed by atoms with Crippen LogP contribution in [0.1, 0.15) is 243 Å². The average molecular weight is 867 g/mol. The monoisotopic (exact) mass is 866 g/mol. The van der Waals surface area contributed by atoms with Gasteiger partial charge >= 0.3 is 0 Å². The van der Waals surface area contributed by atoms with E-state index in [1.54, 1.807) is 6.92 Å². The molecule has 1 aliphatic carbocycles. The van der Waals surface area contributed by atoms with Gasteiger partial charge in [-0.2, -0.15) is 0 Å². The summed E-state index contributed by atoms with van der Waals surface area (Å²) in [5.41, 5.74) is 8.05. The van der Waals surface area contributed by atoms with Crippen LogP contribution in [0.4, 0.5) is 0 Å². The van der Waals surface area contributed by atoms with E-state index < -0.39 is 5.91 Å². The minimum absolute atomic E-state index is 0.398. The van der Waals surface area contributed by atoms with Gasteiger partial charge in [-0.15, -0.1) is 19.7 Å². The fourth-order valence-electron chi connectivity index (χ4n) is 5.30. The Bertz CT molecular complexity index is 877. The van der Waals surface area contributed by atoms with Crippen LogP contribution in [0.2, 0.25) is 0 Å². The van der Waals surface area contributed by atoms with Crippen molar-refractivity contribution >= 4 is 5.91 Å². The van der Waals surface area contributed by atoms with E-state index in [2.05, 4.69) is 168 Å². The topological polar surface area (TPSA) is 67.2 Å². The van der Waals surface area contributed by atoms with Crippen molar-refractivity contribution in [2.24, 2.45) is 46.7 Å². The van der Waals surface area contributed by atoms with Crippen molar-refractivity contribution in [3.8, 4) is 0 Å². The zero-order valence-corrected chi connectivity index (χ0v) is 47.1. The van der Waals surface area contributed by atoms with Crippen LogP contribution < -0.4 is 16.4 Å². The number of carbonyl (C=O) groups excluding carboxylic acids is 1. The third-order valence-electron chi connectivity index (χ3n) is 10.3. The third kappa shape index (κ3) is 75.7. The van der Waals surface area contributed by atoms with E-state index in [4.69, 9.17) is 5.73 Å². The summed E-state index contributed by atoms with van der Waals surface area (Å²) in [5.74, 6) is 4.56. The molecule has 0 saturated heterocycles. The fourth-order valence-corrected chi connectivity index (χ4v) is 5.30. The second kappa shape index (κ2) is 60.0. The van der Waals surface area contributed by atoms with Gasteiger partial charge in [-0.25, -0.2) is 0 Å². The first-order valence-electron chi connectivity index (χ1n) is 25.1. The Morgan fingerprint density at radius 1 is 0.770 bits per heavy atom. The number of carbonyl (C=O) groups is 1. The lowest BCUT2D eigenvalue weighted by atomic mass is 9.79. The number of amides is 1. The zero-order valence-electron chi connectivity index (χ0n) is 47.1. The molecular formula is C57H123N3O. The highest BCUT2D eigenvalue weighted by Gasteiger charge is 2.20. The van der Waals surface area contributed by atoms with E-state index >= 15 is 0 Å². The maximum atomic E-state index is 9.82. The highest BCUT2D eigenvalue weighted by molar-refractivity contribution is 5.90. The van der Waals surface area contributed by atoms with Crippen LogP contribution in [0.3, 0.4) is 0 Å². The Balaban J connectivity index is -0.0000000752. The predicted molar refractivity (Wildman–Crippen MR) is 292 cm³/mol. The molecule has 0 bridgehead atoms. The molecule has 4 nitrogen and oxygen atoms in total. The van der Waals surface area contributed by atoms with Gasteiger partial charge in [0.05, 0.1) is 0 Å². The van der Waals surface area contributed by atoms with Crippen molar-refractivity contribution in [3.63, 3.8) is 0 Å². The lowest BCUT2D eigenvalue weighted by molar-refractivity contribution is -0.114. The molecule has 1 amide bonds. The quantitative estimate of drug-likeness (QED) is 0.107. The first-order chi connectivity index (χ1) is 28.3. The summed E-state index contributed by atoms with van der Waals surface area (Å²) < 4.78 is 0. The van der Waals surface area contributed by atoms with Crippen molar-refractivity contribution in [1.29, 1.82) is 0 Å². The van der Waals surface area contributed by atoms with Gasteiger partial charge in [0.25, 0.3) is 0 Å². The van der Waals surface area contributed by atoms with E-state index in [1.165, 1.54) is 76.2 Å². The van der Waals surface area contributed by atoms with Gasteiger partial charge in [-0.1, -0.05) is 195 Å². The van der Waals surface area contributed by atoms with Crippen LogP contribution in [0.15, 0.2) is 62.4 Å². The summed E-state index contributed by atoms with van der Waals surface area (Å²) in [6, 6.07) is 1.30. The first-order valence-corrected chi connectivity index (χ1v) is 25.1. The van der Waals surface area contributed by atoms with Crippen LogP contribution in [0.25, 0.3) is 0 Å². The normalized spacial score (nSPS) is 13.6. The minimum atomic E-state index is -0.435. The number of primary amides is 1. The summed E-state index contributed by atoms with van der Waals surface area (Å²) >= 11 is 0. The van der Waals surface area contributed by atoms with Gasteiger partial charge in [0.15, 0.2) is 0 Å². The second-order valence-corrected chi connectivity index (χ2v) is 18.3. The molecule has 4 N–H and O–H groups in total. The van der Waals surface area contributed by atoms with Crippen molar-refractivity contribution in [2.75, 3.05) is 7.05 Å². The smallest absolute Gasteiger partial charge is 0.243 e. The summed E-state index contributed by atoms with van der Waals surface area (Å²) in [4.78, 5) is 9.82. The standard InChI is InChI=1S/C12H24.C11H21N.C11H22.C7H17N.C4H7NO.2C3H8.2C2H6.C2H4/c1-7-10(2)8-9-11(3)12(4,5)6;1-9(2)12-10(3)11-7-5-4-6-8-11;1-6-7-8-10(4)11(5)9(2)3;1-6(2)5-7(3)8-4;1-3(2)4(5)6;2*1-3-2;3*1-2/h11H,2,7-9H2,1,3-6H3;10-12H,1,4-8H2,2-3H3;6,9-11H,1,7-8H2,2-5H3;6-8H,5H2,1-4H3;1H2,2H3,(H2,5,6);2*3H2,1-2H3;2*1-2H3;1-2H2/t;;10?,11-;;;;;;;/m..1......./s1. The van der Waals surface area contributed by atoms with E-state index in [-0.39, 0.29) is 0 Å². The molecule has 0 spiro atoms. The van der Waals surface area contributed by atoms with E-state index in [0.29, 0.717) is 23.1 Å². The molecule has 4 unspecified atom stereocenters. The molecule has 0 radical (unpaired) electrons. The molecule has 4 heteroatoms. The van der Waals surface area contributed by atoms with E-state index in [0.717, 1.165) is 54.0 Å². The number of hydrogen-bond acceptors (Lipinski definition) is 3. The molecule has 1 rings (SSSR count). The number of nitrogens with two attached hydrogens (primary N) is 1. The fraction of sp³-hybridized carbons (Fsp3) is 0.807. The Morgan fingerprint density at radius 2 is 1.16 bits per heavy atom. The summed E-state index contributed by atoms with van der Waals surface area (Å²) in [7, 11) is 2.01. The zero-order chi connectivity index (χ0) is 50.7. The summed E-state index contributed by atoms with van der Waals surface area (Å²) in [5, 5.41) is 6.61. The third-order valence-corrected chi connectivity index (χ3v) is 10.3. The Labute approximate surface area is 390 Å². The van der Waals surface area contributed by atoms with Gasteiger partial charge in [0.2, 0.25) is 5.91 Å². The van der Waals surface area contributed by atoms with Gasteiger partial charge < -0.3 is 16.4 Å². The van der Waals surface area contributed by atoms with Crippen LogP contribution >= 0.6 is 0 Å². The molecule has 0 aromatic heterocycles. The summed E-state index contributed by atoms with van der Waals surface area (Å²) in [6.45, 7) is 70.8. The molecule has 1 saturated carbocycles. The molecule has 1 fully saturated rings. The Morgan fingerprint density at radius 3 is 1.41 bits per heavy atom. The van der Waals surface area contributed by atoms with E-state index in [9.17, 15) is 4.79 Å². The average Bonchev–Trinajstić information content (AvgIpc) is 3.21. The van der Waals surface area contributed by atoms with Gasteiger partial charge in [-0.05, 0) is 127 Å². The molecule has 0 aliphatic heterocycles. The van der Waals surface area contributed by atoms with Gasteiger partial charge in [0.1, 0.15) is 0 Å². The largest absolute Gasteiger partial charge is 0.386 e. The molecule has 0 aromatic rings. The molecule has 0 heterocycles. The first kappa shape index (κ1) is 79.3. The molecule has 61 heavy (non-hydrogen) atoms. The molecule has 1 aliphatic rings. The second-order valence-electron chi connectivity index (χ2n) is 18.3. The highest BCUT2D eigenvalue weighted by Crippen LogP contribution is 2.30. The molecule has 0 aromatic carbocycles. The van der Waals surface area contributed by atoms with Crippen molar-refractivity contribution in [3.05, 3.63) is 62.4 Å².